The van der Waals surface area contributed by atoms with Crippen molar-refractivity contribution in [3.05, 3.63) is 52.9 Å². The maximum Gasteiger partial charge on any atom is 0.433 e. The van der Waals surface area contributed by atoms with Gasteiger partial charge in [-0.05, 0) is 12.1 Å². The minimum absolute atomic E-state index is 0.258. The molecule has 1 aliphatic heterocycles. The van der Waals surface area contributed by atoms with Crippen molar-refractivity contribution in [1.29, 1.82) is 0 Å². The molecule has 11 heteroatoms. The molecule has 3 rings (SSSR count). The molecule has 1 aromatic heterocycles. The summed E-state index contributed by atoms with van der Waals surface area (Å²) in [6, 6.07) is 3.56. The predicted molar refractivity (Wildman–Crippen MR) is 85.8 cm³/mol. The van der Waals surface area contributed by atoms with E-state index in [0.717, 1.165) is 30.1 Å². The Morgan fingerprint density at radius 1 is 1.29 bits per heavy atom. The molecule has 2 unspecified atom stereocenters. The molecule has 1 saturated heterocycles. The normalized spacial score (nSPS) is 22.8. The first-order valence-corrected chi connectivity index (χ1v) is 8.03. The molecule has 1 fully saturated rings. The summed E-state index contributed by atoms with van der Waals surface area (Å²) in [5, 5.41) is 3.78. The van der Waals surface area contributed by atoms with Crippen LogP contribution in [0.5, 0.6) is 0 Å². The van der Waals surface area contributed by atoms with E-state index in [1.165, 1.54) is 7.05 Å². The quantitative estimate of drug-likeness (QED) is 0.627. The maximum absolute atomic E-state index is 14.6. The summed E-state index contributed by atoms with van der Waals surface area (Å²) in [4.78, 5) is 26.4. The number of aromatic nitrogens is 2. The second-order valence-electron chi connectivity index (χ2n) is 6.59. The summed E-state index contributed by atoms with van der Waals surface area (Å²) in [6.45, 7) is -0.258. The number of carbonyl (C=O) groups is 2. The van der Waals surface area contributed by atoms with Crippen LogP contribution >= 0.6 is 0 Å². The molecule has 2 N–H and O–H groups in total. The Morgan fingerprint density at radius 2 is 1.93 bits per heavy atom. The standard InChI is InChI=1S/C17H15F5N4O2/c1-25-7-9(11-6-12(17(20,21)22)26(2)24-11)16(14(23)27,15(25)28)8-4-3-5-10(18)13(8)19/h3-6,9H,7H2,1-2H3,(H2,23,27). The lowest BCUT2D eigenvalue weighted by atomic mass is 9.69. The van der Waals surface area contributed by atoms with Crippen LogP contribution in [0.2, 0.25) is 0 Å². The third-order valence-electron chi connectivity index (χ3n) is 4.97. The van der Waals surface area contributed by atoms with Crippen molar-refractivity contribution in [3.8, 4) is 0 Å². The molecule has 0 bridgehead atoms. The molecule has 2 heterocycles. The maximum atomic E-state index is 14.6. The lowest BCUT2D eigenvalue weighted by Gasteiger charge is -2.29. The average molecular weight is 402 g/mol. The van der Waals surface area contributed by atoms with Crippen LogP contribution in [-0.2, 0) is 28.2 Å². The van der Waals surface area contributed by atoms with Gasteiger partial charge in [-0.2, -0.15) is 18.3 Å². The first-order valence-electron chi connectivity index (χ1n) is 8.03. The van der Waals surface area contributed by atoms with Gasteiger partial charge in [-0.25, -0.2) is 8.78 Å². The van der Waals surface area contributed by atoms with E-state index in [2.05, 4.69) is 5.10 Å². The highest BCUT2D eigenvalue weighted by Crippen LogP contribution is 2.47. The van der Waals surface area contributed by atoms with Crippen LogP contribution in [0.4, 0.5) is 22.0 Å². The Morgan fingerprint density at radius 3 is 2.46 bits per heavy atom. The number of amides is 2. The van der Waals surface area contributed by atoms with Gasteiger partial charge in [-0.15, -0.1) is 0 Å². The van der Waals surface area contributed by atoms with Crippen LogP contribution in [-0.4, -0.2) is 40.1 Å². The van der Waals surface area contributed by atoms with Gasteiger partial charge in [0.2, 0.25) is 11.8 Å². The highest BCUT2D eigenvalue weighted by atomic mass is 19.4. The van der Waals surface area contributed by atoms with Crippen molar-refractivity contribution in [1.82, 2.24) is 14.7 Å². The number of carbonyl (C=O) groups excluding carboxylic acids is 2. The van der Waals surface area contributed by atoms with Gasteiger partial charge in [0.05, 0.1) is 5.69 Å². The van der Waals surface area contributed by atoms with Crippen molar-refractivity contribution in [2.24, 2.45) is 12.8 Å². The molecule has 28 heavy (non-hydrogen) atoms. The summed E-state index contributed by atoms with van der Waals surface area (Å²) in [5.74, 6) is -6.40. The molecule has 1 aromatic carbocycles. The number of nitrogens with two attached hydrogens (primary N) is 1. The molecule has 0 saturated carbocycles. The van der Waals surface area contributed by atoms with E-state index in [9.17, 15) is 31.5 Å². The number of hydrogen-bond donors (Lipinski definition) is 1. The number of likely N-dealkylation sites (N-methyl/N-ethyl adjacent to an activating group) is 1. The summed E-state index contributed by atoms with van der Waals surface area (Å²) >= 11 is 0. The van der Waals surface area contributed by atoms with Crippen molar-refractivity contribution in [3.63, 3.8) is 0 Å². The Kier molecular flexibility index (Phi) is 4.43. The smallest absolute Gasteiger partial charge is 0.368 e. The molecule has 0 radical (unpaired) electrons. The number of hydrogen-bond acceptors (Lipinski definition) is 3. The third kappa shape index (κ3) is 2.64. The predicted octanol–water partition coefficient (Wildman–Crippen LogP) is 1.70. The molecule has 0 aliphatic carbocycles. The molecule has 1 aliphatic rings. The molecule has 2 atom stereocenters. The van der Waals surface area contributed by atoms with Crippen LogP contribution in [0.15, 0.2) is 24.3 Å². The van der Waals surface area contributed by atoms with Crippen LogP contribution < -0.4 is 5.73 Å². The lowest BCUT2D eigenvalue weighted by molar-refractivity contribution is -0.143. The van der Waals surface area contributed by atoms with E-state index in [0.29, 0.717) is 10.7 Å². The van der Waals surface area contributed by atoms with Gasteiger partial charge in [0.1, 0.15) is 5.69 Å². The summed E-state index contributed by atoms with van der Waals surface area (Å²) in [5.41, 5.74) is 0.985. The van der Waals surface area contributed by atoms with Crippen LogP contribution in [0.1, 0.15) is 22.9 Å². The summed E-state index contributed by atoms with van der Waals surface area (Å²) < 4.78 is 68.4. The lowest BCUT2D eigenvalue weighted by Crippen LogP contribution is -2.51. The molecular formula is C17H15F5N4O2. The van der Waals surface area contributed by atoms with Crippen LogP contribution in [0.25, 0.3) is 0 Å². The van der Waals surface area contributed by atoms with E-state index >= 15 is 0 Å². The zero-order valence-corrected chi connectivity index (χ0v) is 14.7. The van der Waals surface area contributed by atoms with Gasteiger partial charge in [-0.3, -0.25) is 14.3 Å². The topological polar surface area (TPSA) is 81.2 Å². The second kappa shape index (κ2) is 6.28. The number of alkyl halides is 3. The minimum Gasteiger partial charge on any atom is -0.368 e. The average Bonchev–Trinajstić information content (AvgIpc) is 3.10. The highest BCUT2D eigenvalue weighted by Gasteiger charge is 2.61. The zero-order valence-electron chi connectivity index (χ0n) is 14.7. The number of halogens is 5. The zero-order chi connectivity index (χ0) is 21.0. The van der Waals surface area contributed by atoms with Gasteiger partial charge in [-0.1, -0.05) is 12.1 Å². The van der Waals surface area contributed by atoms with E-state index in [1.807, 2.05) is 0 Å². The van der Waals surface area contributed by atoms with Gasteiger partial charge in [0, 0.05) is 32.1 Å². The largest absolute Gasteiger partial charge is 0.433 e. The molecular weight excluding hydrogens is 387 g/mol. The minimum atomic E-state index is -4.74. The first-order chi connectivity index (χ1) is 12.9. The number of primary amides is 1. The molecule has 150 valence electrons. The van der Waals surface area contributed by atoms with Gasteiger partial charge in [0.15, 0.2) is 17.0 Å². The van der Waals surface area contributed by atoms with Crippen molar-refractivity contribution in [2.75, 3.05) is 13.6 Å². The number of benzene rings is 1. The van der Waals surface area contributed by atoms with Crippen molar-refractivity contribution < 1.29 is 31.5 Å². The van der Waals surface area contributed by atoms with E-state index in [1.54, 1.807) is 0 Å². The second-order valence-corrected chi connectivity index (χ2v) is 6.59. The third-order valence-corrected chi connectivity index (χ3v) is 4.97. The number of aryl methyl sites for hydroxylation is 1. The Labute approximate surface area is 155 Å². The number of likely N-dealkylation sites (tertiary alicyclic amines) is 1. The fraction of sp³-hybridized carbons (Fsp3) is 0.353. The Balaban J connectivity index is 2.30. The Bertz CT molecular complexity index is 971. The molecule has 2 amide bonds. The molecule has 6 nitrogen and oxygen atoms in total. The SMILES string of the molecule is CN1CC(c2cc(C(F)(F)F)n(C)n2)C(C(N)=O)(c2cccc(F)c2F)C1=O. The number of nitrogens with zero attached hydrogens (tertiary/aromatic N) is 3. The molecule has 0 spiro atoms. The van der Waals surface area contributed by atoms with Gasteiger partial charge >= 0.3 is 6.18 Å². The van der Waals surface area contributed by atoms with Crippen LogP contribution in [0, 0.1) is 11.6 Å². The fourth-order valence-electron chi connectivity index (χ4n) is 3.71. The van der Waals surface area contributed by atoms with Crippen LogP contribution in [0.3, 0.4) is 0 Å². The molecule has 2 aromatic rings. The summed E-state index contributed by atoms with van der Waals surface area (Å²) in [7, 11) is 2.33. The van der Waals surface area contributed by atoms with Gasteiger partial charge in [0.25, 0.3) is 0 Å². The fourth-order valence-corrected chi connectivity index (χ4v) is 3.71. The van der Waals surface area contributed by atoms with Gasteiger partial charge < -0.3 is 10.6 Å². The Hall–Kier alpha value is -2.98. The monoisotopic (exact) mass is 402 g/mol. The van der Waals surface area contributed by atoms with Crippen molar-refractivity contribution in [2.45, 2.75) is 17.5 Å². The first kappa shape index (κ1) is 19.8. The van der Waals surface area contributed by atoms with E-state index in [4.69, 9.17) is 5.73 Å². The van der Waals surface area contributed by atoms with E-state index < -0.39 is 52.2 Å². The van der Waals surface area contributed by atoms with E-state index in [-0.39, 0.29) is 12.2 Å². The summed E-state index contributed by atoms with van der Waals surface area (Å²) in [6.07, 6.45) is -4.74. The van der Waals surface area contributed by atoms with Crippen molar-refractivity contribution >= 4 is 11.8 Å². The highest BCUT2D eigenvalue weighted by molar-refractivity contribution is 6.13. The number of rotatable bonds is 3.